The quantitative estimate of drug-likeness (QED) is 0.741. The van der Waals surface area contributed by atoms with Crippen LogP contribution in [0.15, 0.2) is 41.7 Å². The largest absolute Gasteiger partial charge is 0.504 e. The van der Waals surface area contributed by atoms with Gasteiger partial charge in [-0.15, -0.1) is 0 Å². The molecule has 1 heterocycles. The molecule has 4 heteroatoms. The van der Waals surface area contributed by atoms with Crippen LogP contribution in [-0.2, 0) is 14.3 Å². The van der Waals surface area contributed by atoms with Crippen LogP contribution in [0.25, 0.3) is 0 Å². The van der Waals surface area contributed by atoms with Crippen LogP contribution in [-0.4, -0.2) is 23.0 Å². The standard InChI is InChI=1S/C22H26O4/c1-2-14(12-13-8-9-13)21-20(24)19(23)18(22(25)26-21)17(16-10-11-16)15-6-4-3-5-7-15/h3-7,13-14,16-17,21,23H,2,8-12H2,1H3. The molecule has 2 saturated carbocycles. The minimum atomic E-state index is -0.826. The van der Waals surface area contributed by atoms with E-state index in [0.29, 0.717) is 11.8 Å². The highest BCUT2D eigenvalue weighted by atomic mass is 16.6. The maximum absolute atomic E-state index is 12.9. The van der Waals surface area contributed by atoms with Crippen molar-refractivity contribution in [1.82, 2.24) is 0 Å². The summed E-state index contributed by atoms with van der Waals surface area (Å²) in [6, 6.07) is 9.67. The van der Waals surface area contributed by atoms with Crippen molar-refractivity contribution in [2.24, 2.45) is 17.8 Å². The third kappa shape index (κ3) is 3.29. The van der Waals surface area contributed by atoms with E-state index in [4.69, 9.17) is 4.74 Å². The second-order valence-electron chi connectivity index (χ2n) is 8.03. The van der Waals surface area contributed by atoms with E-state index in [-0.39, 0.29) is 23.2 Å². The van der Waals surface area contributed by atoms with Crippen LogP contribution in [0.1, 0.15) is 56.9 Å². The Morgan fingerprint density at radius 1 is 1.12 bits per heavy atom. The summed E-state index contributed by atoms with van der Waals surface area (Å²) in [4.78, 5) is 25.7. The third-order valence-corrected chi connectivity index (χ3v) is 6.05. The normalized spacial score (nSPS) is 25.8. The zero-order valence-electron chi connectivity index (χ0n) is 15.2. The molecule has 1 aromatic rings. The minimum Gasteiger partial charge on any atom is -0.504 e. The molecular weight excluding hydrogens is 328 g/mol. The number of carbonyl (C=O) groups is 2. The Morgan fingerprint density at radius 3 is 2.38 bits per heavy atom. The molecule has 3 atom stereocenters. The Kier molecular flexibility index (Phi) is 4.60. The fourth-order valence-electron chi connectivity index (χ4n) is 4.23. The van der Waals surface area contributed by atoms with Crippen LogP contribution in [0.2, 0.25) is 0 Å². The number of Topliss-reactive ketones (excluding diaryl/α,β-unsaturated/α-hetero) is 1. The van der Waals surface area contributed by atoms with Crippen molar-refractivity contribution < 1.29 is 19.4 Å². The van der Waals surface area contributed by atoms with Gasteiger partial charge in [0.15, 0.2) is 11.9 Å². The molecule has 3 unspecified atom stereocenters. The van der Waals surface area contributed by atoms with Crippen LogP contribution in [0, 0.1) is 17.8 Å². The summed E-state index contributed by atoms with van der Waals surface area (Å²) in [6.07, 6.45) is 5.22. The summed E-state index contributed by atoms with van der Waals surface area (Å²) >= 11 is 0. The van der Waals surface area contributed by atoms with E-state index >= 15 is 0 Å². The van der Waals surface area contributed by atoms with Crippen molar-refractivity contribution in [1.29, 1.82) is 0 Å². The van der Waals surface area contributed by atoms with E-state index in [1.807, 2.05) is 37.3 Å². The average molecular weight is 354 g/mol. The van der Waals surface area contributed by atoms with Gasteiger partial charge in [0.2, 0.25) is 5.78 Å². The molecule has 0 bridgehead atoms. The summed E-state index contributed by atoms with van der Waals surface area (Å²) in [7, 11) is 0. The van der Waals surface area contributed by atoms with Crippen LogP contribution in [0.5, 0.6) is 0 Å². The molecule has 0 saturated heterocycles. The molecule has 2 fully saturated rings. The van der Waals surface area contributed by atoms with Crippen molar-refractivity contribution in [3.8, 4) is 0 Å². The SMILES string of the molecule is CCC(CC1CC1)C1OC(=O)C(C(c2ccccc2)C2CC2)=C(O)C1=O. The van der Waals surface area contributed by atoms with Crippen molar-refractivity contribution >= 4 is 11.8 Å². The number of ether oxygens (including phenoxy) is 1. The zero-order valence-corrected chi connectivity index (χ0v) is 15.2. The lowest BCUT2D eigenvalue weighted by atomic mass is 9.81. The summed E-state index contributed by atoms with van der Waals surface area (Å²) in [5.41, 5.74) is 1.13. The third-order valence-electron chi connectivity index (χ3n) is 6.05. The van der Waals surface area contributed by atoms with Crippen LogP contribution >= 0.6 is 0 Å². The molecule has 0 radical (unpaired) electrons. The lowest BCUT2D eigenvalue weighted by molar-refractivity contribution is -0.158. The van der Waals surface area contributed by atoms with E-state index in [9.17, 15) is 14.7 Å². The number of aliphatic hydroxyl groups excluding tert-OH is 1. The van der Waals surface area contributed by atoms with Gasteiger partial charge >= 0.3 is 5.97 Å². The molecule has 1 N–H and O–H groups in total. The van der Waals surface area contributed by atoms with Gasteiger partial charge in [0, 0.05) is 11.8 Å². The van der Waals surface area contributed by atoms with Gasteiger partial charge < -0.3 is 9.84 Å². The van der Waals surface area contributed by atoms with E-state index in [0.717, 1.165) is 31.2 Å². The molecule has 1 aliphatic heterocycles. The van der Waals surface area contributed by atoms with E-state index < -0.39 is 17.9 Å². The van der Waals surface area contributed by atoms with Gasteiger partial charge in [-0.3, -0.25) is 4.79 Å². The summed E-state index contributed by atoms with van der Waals surface area (Å²) in [5, 5.41) is 10.7. The maximum atomic E-state index is 12.9. The van der Waals surface area contributed by atoms with Gasteiger partial charge in [-0.05, 0) is 43.1 Å². The van der Waals surface area contributed by atoms with Crippen molar-refractivity contribution in [2.45, 2.75) is 57.5 Å². The first kappa shape index (κ1) is 17.3. The summed E-state index contributed by atoms with van der Waals surface area (Å²) in [5.74, 6) is -0.602. The Morgan fingerprint density at radius 2 is 1.81 bits per heavy atom. The molecule has 138 valence electrons. The Labute approximate surface area is 154 Å². The first-order valence-corrected chi connectivity index (χ1v) is 9.83. The Balaban J connectivity index is 1.65. The predicted octanol–water partition coefficient (Wildman–Crippen LogP) is 4.31. The molecule has 4 nitrogen and oxygen atoms in total. The first-order valence-electron chi connectivity index (χ1n) is 9.83. The second kappa shape index (κ2) is 6.90. The molecular formula is C22H26O4. The topological polar surface area (TPSA) is 63.6 Å². The van der Waals surface area contributed by atoms with Gasteiger partial charge in [-0.1, -0.05) is 50.1 Å². The van der Waals surface area contributed by atoms with Crippen molar-refractivity contribution in [2.75, 3.05) is 0 Å². The number of esters is 1. The first-order chi connectivity index (χ1) is 12.6. The van der Waals surface area contributed by atoms with Gasteiger partial charge in [0.05, 0.1) is 5.57 Å². The molecule has 1 aromatic carbocycles. The van der Waals surface area contributed by atoms with Gasteiger partial charge in [0.25, 0.3) is 0 Å². The Hall–Kier alpha value is -2.10. The molecule has 4 rings (SSSR count). The molecule has 2 aliphatic carbocycles. The summed E-state index contributed by atoms with van der Waals surface area (Å²) in [6.45, 7) is 2.02. The van der Waals surface area contributed by atoms with E-state index in [1.165, 1.54) is 12.8 Å². The van der Waals surface area contributed by atoms with Crippen molar-refractivity contribution in [3.63, 3.8) is 0 Å². The highest BCUT2D eigenvalue weighted by Gasteiger charge is 2.47. The molecule has 26 heavy (non-hydrogen) atoms. The van der Waals surface area contributed by atoms with Crippen LogP contribution in [0.3, 0.4) is 0 Å². The van der Waals surface area contributed by atoms with Crippen LogP contribution < -0.4 is 0 Å². The number of hydrogen-bond donors (Lipinski definition) is 1. The molecule has 3 aliphatic rings. The average Bonchev–Trinajstić information content (AvgIpc) is 3.55. The van der Waals surface area contributed by atoms with Crippen molar-refractivity contribution in [3.05, 3.63) is 47.2 Å². The van der Waals surface area contributed by atoms with Gasteiger partial charge in [-0.2, -0.15) is 0 Å². The number of carbonyl (C=O) groups excluding carboxylic acids is 2. The molecule has 0 aromatic heterocycles. The lowest BCUT2D eigenvalue weighted by Crippen LogP contribution is -2.42. The maximum Gasteiger partial charge on any atom is 0.339 e. The number of rotatable bonds is 7. The fraction of sp³-hybridized carbons (Fsp3) is 0.545. The van der Waals surface area contributed by atoms with E-state index in [2.05, 4.69) is 0 Å². The van der Waals surface area contributed by atoms with Gasteiger partial charge in [0.1, 0.15) is 0 Å². The zero-order chi connectivity index (χ0) is 18.3. The van der Waals surface area contributed by atoms with Gasteiger partial charge in [-0.25, -0.2) is 4.79 Å². The number of ketones is 1. The molecule has 0 spiro atoms. The lowest BCUT2D eigenvalue weighted by Gasteiger charge is -2.31. The predicted molar refractivity (Wildman–Crippen MR) is 97.6 cm³/mol. The smallest absolute Gasteiger partial charge is 0.339 e. The van der Waals surface area contributed by atoms with Crippen LogP contribution in [0.4, 0.5) is 0 Å². The fourth-order valence-corrected chi connectivity index (χ4v) is 4.23. The second-order valence-corrected chi connectivity index (χ2v) is 8.03. The Bertz CT molecular complexity index is 728. The molecule has 0 amide bonds. The van der Waals surface area contributed by atoms with E-state index in [1.54, 1.807) is 0 Å². The minimum absolute atomic E-state index is 0.00116. The number of hydrogen-bond acceptors (Lipinski definition) is 4. The summed E-state index contributed by atoms with van der Waals surface area (Å²) < 4.78 is 5.64. The number of aliphatic hydroxyl groups is 1. The highest BCUT2D eigenvalue weighted by Crippen LogP contribution is 2.49. The monoisotopic (exact) mass is 354 g/mol. The highest BCUT2D eigenvalue weighted by molar-refractivity contribution is 6.09. The number of cyclic esters (lactones) is 1. The number of benzene rings is 1.